The summed E-state index contributed by atoms with van der Waals surface area (Å²) in [6.45, 7) is 30.6. The van der Waals surface area contributed by atoms with Crippen LogP contribution in [0.25, 0.3) is 43.1 Å². The van der Waals surface area contributed by atoms with Gasteiger partial charge < -0.3 is 34.1 Å². The van der Waals surface area contributed by atoms with E-state index in [0.717, 1.165) is 49.4 Å². The lowest BCUT2D eigenvalue weighted by Gasteiger charge is -2.40. The number of hydrogen-bond donors (Lipinski definition) is 1. The summed E-state index contributed by atoms with van der Waals surface area (Å²) >= 11 is 0. The van der Waals surface area contributed by atoms with Gasteiger partial charge in [-0.25, -0.2) is 0 Å². The van der Waals surface area contributed by atoms with Crippen molar-refractivity contribution in [1.29, 1.82) is 0 Å². The summed E-state index contributed by atoms with van der Waals surface area (Å²) < 4.78 is 75.5. The van der Waals surface area contributed by atoms with Crippen LogP contribution in [0.4, 0.5) is 13.2 Å². The van der Waals surface area contributed by atoms with Gasteiger partial charge in [0.1, 0.15) is 58.1 Å². The molecule has 19 nitrogen and oxygen atoms in total. The van der Waals surface area contributed by atoms with Crippen LogP contribution in [0.15, 0.2) is 121 Å². The fraction of sp³-hybridized carbons (Fsp3) is 0.341. The summed E-state index contributed by atoms with van der Waals surface area (Å²) in [4.78, 5) is 129. The van der Waals surface area contributed by atoms with Crippen LogP contribution in [0.2, 0.25) is 0 Å². The van der Waals surface area contributed by atoms with E-state index in [2.05, 4.69) is 23.4 Å². The summed E-state index contributed by atoms with van der Waals surface area (Å²) in [7, 11) is 0. The lowest BCUT2D eigenvalue weighted by molar-refractivity contribution is -0.159. The molecule has 4 heterocycles. The van der Waals surface area contributed by atoms with E-state index < -0.39 is 60.1 Å². The monoisotopic (exact) mass is 1450 g/mol. The first-order valence-corrected chi connectivity index (χ1v) is 36.2. The Morgan fingerprint density at radius 3 is 1.04 bits per heavy atom. The summed E-state index contributed by atoms with van der Waals surface area (Å²) in [5, 5.41) is 3.90. The van der Waals surface area contributed by atoms with Gasteiger partial charge in [0.05, 0.1) is 28.7 Å². The van der Waals surface area contributed by atoms with E-state index in [9.17, 15) is 9.59 Å². The number of rotatable bonds is 23. The third-order valence-electron chi connectivity index (χ3n) is 20.5. The highest BCUT2D eigenvalue weighted by Crippen LogP contribution is 2.58. The second kappa shape index (κ2) is 29.4. The van der Waals surface area contributed by atoms with Crippen LogP contribution in [0, 0.1) is 55.4 Å². The molecule has 2 saturated heterocycles. The average molecular weight is 1450 g/mol. The van der Waals surface area contributed by atoms with Gasteiger partial charge in [-0.1, -0.05) is 44.3 Å². The predicted molar refractivity (Wildman–Crippen MR) is 404 cm³/mol. The van der Waals surface area contributed by atoms with Gasteiger partial charge in [-0.3, -0.25) is 58.0 Å². The zero-order valence-electron chi connectivity index (χ0n) is 62.1. The van der Waals surface area contributed by atoms with Crippen LogP contribution in [-0.4, -0.2) is 167 Å². The van der Waals surface area contributed by atoms with Crippen LogP contribution < -0.4 is 24.3 Å². The molecule has 2 atom stereocenters. The Kier molecular flexibility index (Phi) is 20.4. The van der Waals surface area contributed by atoms with E-state index >= 15 is 41.9 Å². The molecule has 9 aromatic rings. The largest absolute Gasteiger partial charge is 0.457 e. The number of ether oxygens (including phenoxy) is 4. The van der Waals surface area contributed by atoms with E-state index in [1.165, 1.54) is 29.2 Å². The van der Waals surface area contributed by atoms with Crippen LogP contribution in [0.3, 0.4) is 0 Å². The molecule has 0 aliphatic carbocycles. The van der Waals surface area contributed by atoms with Crippen LogP contribution in [0.1, 0.15) is 132 Å². The maximum atomic E-state index is 16.3. The molecule has 7 amide bonds. The molecule has 107 heavy (non-hydrogen) atoms. The number of carbonyl (C=O) groups excluding carboxylic acids is 8. The Morgan fingerprint density at radius 2 is 0.738 bits per heavy atom. The number of halogens is 3. The number of carbonyl (C=O) groups is 8. The first-order chi connectivity index (χ1) is 50.8. The molecule has 9 aromatic carbocycles. The lowest BCUT2D eigenvalue weighted by Crippen LogP contribution is -2.59. The first-order valence-electron chi connectivity index (χ1n) is 36.2. The molecule has 2 unspecified atom stereocenters. The molecular formula is C85H86F3N7O12. The van der Waals surface area contributed by atoms with Crippen molar-refractivity contribution in [2.75, 3.05) is 72.0 Å². The number of amides is 7. The highest BCUT2D eigenvalue weighted by molar-refractivity contribution is 6.45. The highest BCUT2D eigenvalue weighted by Gasteiger charge is 2.50. The van der Waals surface area contributed by atoms with Crippen LogP contribution in [-0.2, 0) is 19.2 Å². The van der Waals surface area contributed by atoms with Gasteiger partial charge in [0.2, 0.25) is 17.7 Å². The summed E-state index contributed by atoms with van der Waals surface area (Å²) in [6.07, 6.45) is -6.24. The zero-order valence-corrected chi connectivity index (χ0v) is 62.1. The fourth-order valence-corrected chi connectivity index (χ4v) is 15.8. The number of ketones is 1. The molecule has 4 aliphatic rings. The van der Waals surface area contributed by atoms with Gasteiger partial charge in [0.15, 0.2) is 5.78 Å². The van der Waals surface area contributed by atoms with Gasteiger partial charge in [-0.2, -0.15) is 13.2 Å². The molecule has 1 N–H and O–H groups in total. The quantitative estimate of drug-likeness (QED) is 0.0274. The Balaban J connectivity index is 1.09. The van der Waals surface area contributed by atoms with Crippen LogP contribution in [0.5, 0.6) is 46.0 Å². The van der Waals surface area contributed by atoms with Crippen molar-refractivity contribution >= 4 is 90.2 Å². The second-order valence-corrected chi connectivity index (χ2v) is 29.3. The maximum absolute atomic E-state index is 16.3. The van der Waals surface area contributed by atoms with Crippen LogP contribution >= 0.6 is 0 Å². The van der Waals surface area contributed by atoms with E-state index in [4.69, 9.17) is 18.9 Å². The van der Waals surface area contributed by atoms with Gasteiger partial charge in [0.25, 0.3) is 23.6 Å². The smallest absolute Gasteiger partial charge is 0.391 e. The summed E-state index contributed by atoms with van der Waals surface area (Å²) in [5.41, 5.74) is 6.43. The van der Waals surface area contributed by atoms with E-state index in [1.54, 1.807) is 74.2 Å². The summed E-state index contributed by atoms with van der Waals surface area (Å²) in [5.74, 6) is -5.03. The fourth-order valence-electron chi connectivity index (χ4n) is 15.8. The minimum atomic E-state index is -5.10. The normalized spacial score (nSPS) is 15.6. The standard InChI is InChI=1S/C85H86F3N7O12/c1-14-63(83(102)92-26-22-91(23-27-92)19-17-89-78(97)46(4)5)94-79(98)59-40-66(104-55-32-47(6)28-48(7)33-55)72-74-68(106-57-36-51(10)30-52(11)37-57)42-61-71-62(82(101)95(81(61)100)64(44-85(86,87)88)84(103)93-24-20-90(21-25-93)18-15-16-65(96)45(2)3)43-69(107-58-38-53(12)31-54(13)39-58)75(77(71)74)73-67(41-60(80(94)99)70(59)76(72)73)105-56-34-49(8)29-50(9)35-56/h28-43,63-64H,2,4,14-27,44H2,1,3,5-13H3,(H,89,97). The SMILES string of the molecule is C=C(C)C(=O)CCCN1CCN(C(=O)C(CC(F)(F)F)N2C(=O)c3cc(Oc4cc(C)cc(C)c4)c4c5c(Oc6cc(C)cc(C)c6)cc6c7c(cc(Oc8cc(C)cc(C)c8)c(c8c(Oc9cc(C)cc(C)c9)cc(c3c48)C2=O)c75)C(=O)N(C(CC)C(=O)N2CCN(CCNC(=O)C(=C)C)CC2)C6=O)CC1. The number of fused-ring (bicyclic) bond motifs is 2. The minimum absolute atomic E-state index is 0.00520. The third-order valence-corrected chi connectivity index (χ3v) is 20.5. The van der Waals surface area contributed by atoms with Gasteiger partial charge in [-0.15, -0.1) is 0 Å². The Bertz CT molecular complexity index is 4940. The topological polar surface area (TPSA) is 205 Å². The maximum Gasteiger partial charge on any atom is 0.391 e. The van der Waals surface area contributed by atoms with Crippen molar-refractivity contribution in [1.82, 2.24) is 34.7 Å². The van der Waals surface area contributed by atoms with Crippen molar-refractivity contribution in [3.05, 3.63) is 188 Å². The molecule has 0 radical (unpaired) electrons. The van der Waals surface area contributed by atoms with Crippen molar-refractivity contribution in [3.63, 3.8) is 0 Å². The van der Waals surface area contributed by atoms with Gasteiger partial charge >= 0.3 is 6.18 Å². The number of hydrogen-bond acceptors (Lipinski definition) is 14. The van der Waals surface area contributed by atoms with Crippen molar-refractivity contribution in [2.45, 2.75) is 120 Å². The minimum Gasteiger partial charge on any atom is -0.457 e. The molecule has 0 bridgehead atoms. The number of nitrogens with zero attached hydrogens (tertiary/aromatic N) is 6. The molecule has 554 valence electrons. The predicted octanol–water partition coefficient (Wildman–Crippen LogP) is 15.6. The van der Waals surface area contributed by atoms with Crippen molar-refractivity contribution < 1.29 is 70.5 Å². The third kappa shape index (κ3) is 14.8. The van der Waals surface area contributed by atoms with E-state index in [-0.39, 0.29) is 164 Å². The van der Waals surface area contributed by atoms with Crippen molar-refractivity contribution in [3.8, 4) is 46.0 Å². The lowest BCUT2D eigenvalue weighted by atomic mass is 9.80. The number of alkyl halides is 3. The second-order valence-electron chi connectivity index (χ2n) is 29.3. The van der Waals surface area contributed by atoms with E-state index in [0.29, 0.717) is 66.7 Å². The Morgan fingerprint density at radius 1 is 0.430 bits per heavy atom. The number of nitrogens with one attached hydrogen (secondary N) is 1. The molecule has 13 rings (SSSR count). The number of benzene rings is 9. The molecule has 0 spiro atoms. The molecule has 22 heteroatoms. The number of Topliss-reactive ketones (excluding diaryl/α,β-unsaturated/α-hetero) is 1. The number of allylic oxidation sites excluding steroid dienone is 1. The molecule has 4 aliphatic heterocycles. The zero-order chi connectivity index (χ0) is 76.5. The highest BCUT2D eigenvalue weighted by atomic mass is 19.4. The molecule has 0 aromatic heterocycles. The number of piperazine rings is 2. The number of imide groups is 2. The molecular weight excluding hydrogens is 1370 g/mol. The van der Waals surface area contributed by atoms with E-state index in [1.807, 2.05) is 84.6 Å². The average Bonchev–Trinajstić information content (AvgIpc) is 0.670. The first kappa shape index (κ1) is 74.3. The Labute approximate surface area is 618 Å². The van der Waals surface area contributed by atoms with Gasteiger partial charge in [0, 0.05) is 121 Å². The van der Waals surface area contributed by atoms with Gasteiger partial charge in [-0.05, 0) is 212 Å². The summed E-state index contributed by atoms with van der Waals surface area (Å²) in [6, 6.07) is 24.1. The molecule has 0 saturated carbocycles. The molecule has 2 fully saturated rings. The van der Waals surface area contributed by atoms with Crippen molar-refractivity contribution in [2.24, 2.45) is 0 Å². The Hall–Kier alpha value is -11.0. The number of aryl methyl sites for hydroxylation is 8.